The zero-order valence-electron chi connectivity index (χ0n) is 21.2. The van der Waals surface area contributed by atoms with Crippen LogP contribution in [-0.2, 0) is 29.3 Å². The summed E-state index contributed by atoms with van der Waals surface area (Å²) in [6, 6.07) is -2.20. The average molecular weight is 562 g/mol. The van der Waals surface area contributed by atoms with E-state index in [2.05, 4.69) is 10.6 Å². The van der Waals surface area contributed by atoms with Crippen molar-refractivity contribution in [3.8, 4) is 0 Å². The molecule has 0 aromatic heterocycles. The molecule has 0 aromatic carbocycles. The molecule has 2 heterocycles. The van der Waals surface area contributed by atoms with Gasteiger partial charge in [-0.3, -0.25) is 9.11 Å². The maximum absolute atomic E-state index is 11.1. The minimum Gasteiger partial charge on any atom is -0.388 e. The molecular formula is C20H43N5O11S. The molecule has 0 spiro atoms. The van der Waals surface area contributed by atoms with Crippen LogP contribution in [-0.4, -0.2) is 133 Å². The Hall–Kier alpha value is -0.610. The van der Waals surface area contributed by atoms with Crippen molar-refractivity contribution < 1.29 is 51.8 Å². The van der Waals surface area contributed by atoms with Crippen LogP contribution in [0.4, 0.5) is 0 Å². The minimum atomic E-state index is -4.67. The fourth-order valence-corrected chi connectivity index (χ4v) is 4.90. The first-order valence-corrected chi connectivity index (χ1v) is 13.4. The first kappa shape index (κ1) is 32.6. The molecule has 0 aromatic rings. The van der Waals surface area contributed by atoms with Crippen molar-refractivity contribution in [2.75, 3.05) is 27.2 Å². The van der Waals surface area contributed by atoms with Crippen LogP contribution in [0.5, 0.6) is 0 Å². The standard InChI is InChI=1S/C20H41N5O7.H2O4S/c1-20(28)8-29-19(14(27)17(20)25-3)32-16-12(23)6-11(22)15(13(16)26)31-18-10(21)5-4-9(30-18)7-24-2;1-5(2,3)4/h9-19,24-28H,4-8,21-23H2,1-3H3;(H2,1,2,3,4)/t9-,10+,11-,12+,13-,14+,15+,16-,17+,18+,19+,20-;/m0./s1. The van der Waals surface area contributed by atoms with Gasteiger partial charge in [0.2, 0.25) is 0 Å². The highest BCUT2D eigenvalue weighted by Gasteiger charge is 2.50. The van der Waals surface area contributed by atoms with Crippen LogP contribution < -0.4 is 27.8 Å². The van der Waals surface area contributed by atoms with Crippen LogP contribution in [0.15, 0.2) is 0 Å². The number of aliphatic hydroxyl groups is 3. The number of nitrogens with two attached hydrogens (primary N) is 3. The van der Waals surface area contributed by atoms with Crippen LogP contribution in [0, 0.1) is 0 Å². The zero-order valence-corrected chi connectivity index (χ0v) is 22.0. The fourth-order valence-electron chi connectivity index (χ4n) is 4.90. The Kier molecular flexibility index (Phi) is 12.0. The fraction of sp³-hybridized carbons (Fsp3) is 1.00. The van der Waals surface area contributed by atoms with Gasteiger partial charge in [-0.1, -0.05) is 0 Å². The Balaban J connectivity index is 0.000000877. The Labute approximate surface area is 216 Å². The van der Waals surface area contributed by atoms with Gasteiger partial charge in [0, 0.05) is 18.6 Å². The van der Waals surface area contributed by atoms with Gasteiger partial charge in [-0.25, -0.2) is 0 Å². The van der Waals surface area contributed by atoms with Crippen molar-refractivity contribution >= 4 is 10.4 Å². The van der Waals surface area contributed by atoms with Gasteiger partial charge in [0.15, 0.2) is 12.6 Å². The molecule has 37 heavy (non-hydrogen) atoms. The highest BCUT2D eigenvalue weighted by Crippen LogP contribution is 2.31. The van der Waals surface area contributed by atoms with Crippen LogP contribution >= 0.6 is 0 Å². The average Bonchev–Trinajstić information content (AvgIpc) is 2.76. The second-order valence-corrected chi connectivity index (χ2v) is 10.8. The molecule has 2 aliphatic heterocycles. The molecule has 1 aliphatic carbocycles. The number of hydrogen-bond donors (Lipinski definition) is 10. The van der Waals surface area contributed by atoms with Crippen LogP contribution in [0.3, 0.4) is 0 Å². The number of hydrogen-bond acceptors (Lipinski definition) is 14. The van der Waals surface area contributed by atoms with E-state index in [0.29, 0.717) is 13.0 Å². The van der Waals surface area contributed by atoms with Crippen molar-refractivity contribution in [3.63, 3.8) is 0 Å². The zero-order chi connectivity index (χ0) is 28.1. The van der Waals surface area contributed by atoms with E-state index < -0.39 is 71.1 Å². The Bertz CT molecular complexity index is 802. The van der Waals surface area contributed by atoms with Crippen LogP contribution in [0.2, 0.25) is 0 Å². The Morgan fingerprint density at radius 3 is 2.03 bits per heavy atom. The molecule has 0 radical (unpaired) electrons. The summed E-state index contributed by atoms with van der Waals surface area (Å²) in [7, 11) is -1.19. The highest BCUT2D eigenvalue weighted by atomic mass is 32.3. The first-order valence-electron chi connectivity index (χ1n) is 12.0. The SMILES string of the molecule is CNC[C@@H]1CC[C@@H](N)[C@@H](O[C@H]2[C@H](O)[C@@H](O[C@H]3OC[C@](C)(O)[C@H](NC)[C@H]3O)[C@H](N)C[C@@H]2N)O1.O=S(=O)(O)O. The van der Waals surface area contributed by atoms with Crippen molar-refractivity contribution in [2.24, 2.45) is 17.2 Å². The van der Waals surface area contributed by atoms with Crippen molar-refractivity contribution in [1.82, 2.24) is 10.6 Å². The predicted octanol–water partition coefficient (Wildman–Crippen LogP) is -4.37. The summed E-state index contributed by atoms with van der Waals surface area (Å²) >= 11 is 0. The van der Waals surface area contributed by atoms with Crippen molar-refractivity contribution in [3.05, 3.63) is 0 Å². The van der Waals surface area contributed by atoms with Gasteiger partial charge in [0.25, 0.3) is 0 Å². The monoisotopic (exact) mass is 561 g/mol. The van der Waals surface area contributed by atoms with Gasteiger partial charge in [-0.2, -0.15) is 8.42 Å². The third-order valence-corrected chi connectivity index (χ3v) is 6.72. The van der Waals surface area contributed by atoms with E-state index in [-0.39, 0.29) is 18.8 Å². The van der Waals surface area contributed by atoms with Gasteiger partial charge >= 0.3 is 10.4 Å². The van der Waals surface area contributed by atoms with Gasteiger partial charge < -0.3 is 62.1 Å². The number of nitrogens with one attached hydrogen (secondary N) is 2. The van der Waals surface area contributed by atoms with Crippen molar-refractivity contribution in [2.45, 2.75) is 99.1 Å². The second kappa shape index (κ2) is 13.6. The van der Waals surface area contributed by atoms with Crippen LogP contribution in [0.1, 0.15) is 26.2 Å². The Morgan fingerprint density at radius 2 is 1.51 bits per heavy atom. The number of likely N-dealkylation sites (N-methyl/N-ethyl adjacent to an activating group) is 2. The molecule has 3 rings (SSSR count). The molecule has 0 bridgehead atoms. The largest absolute Gasteiger partial charge is 0.394 e. The van der Waals surface area contributed by atoms with E-state index in [4.69, 9.17) is 53.7 Å². The molecule has 1 saturated carbocycles. The lowest BCUT2D eigenvalue weighted by Crippen LogP contribution is -2.68. The van der Waals surface area contributed by atoms with E-state index in [1.54, 1.807) is 14.0 Å². The maximum Gasteiger partial charge on any atom is 0.394 e. The van der Waals surface area contributed by atoms with Gasteiger partial charge in [0.1, 0.15) is 30.0 Å². The Morgan fingerprint density at radius 1 is 0.973 bits per heavy atom. The molecule has 3 aliphatic rings. The van der Waals surface area contributed by atoms with E-state index in [1.165, 1.54) is 0 Å². The first-order chi connectivity index (χ1) is 17.1. The molecule has 3 fully saturated rings. The van der Waals surface area contributed by atoms with Gasteiger partial charge in [-0.05, 0) is 40.3 Å². The molecule has 16 nitrogen and oxygen atoms in total. The van der Waals surface area contributed by atoms with E-state index in [1.807, 2.05) is 7.05 Å². The summed E-state index contributed by atoms with van der Waals surface area (Å²) < 4.78 is 55.1. The lowest BCUT2D eigenvalue weighted by Gasteiger charge is -2.48. The summed E-state index contributed by atoms with van der Waals surface area (Å²) in [5, 5.41) is 38.1. The minimum absolute atomic E-state index is 0.0480. The van der Waals surface area contributed by atoms with Crippen LogP contribution in [0.25, 0.3) is 0 Å². The third kappa shape index (κ3) is 9.23. The molecule has 2 saturated heterocycles. The number of rotatable bonds is 7. The number of ether oxygens (including phenoxy) is 4. The molecular weight excluding hydrogens is 518 g/mol. The van der Waals surface area contributed by atoms with Gasteiger partial charge in [-0.15, -0.1) is 0 Å². The van der Waals surface area contributed by atoms with E-state index >= 15 is 0 Å². The third-order valence-electron chi connectivity index (χ3n) is 6.72. The maximum atomic E-state index is 11.1. The molecule has 12 atom stereocenters. The second-order valence-electron chi connectivity index (χ2n) is 9.92. The molecule has 220 valence electrons. The summed E-state index contributed by atoms with van der Waals surface area (Å²) in [5.74, 6) is 0. The van der Waals surface area contributed by atoms with E-state index in [9.17, 15) is 15.3 Å². The lowest BCUT2D eigenvalue weighted by atomic mass is 9.84. The summed E-state index contributed by atoms with van der Waals surface area (Å²) in [5.41, 5.74) is 17.4. The van der Waals surface area contributed by atoms with Crippen molar-refractivity contribution in [1.29, 1.82) is 0 Å². The summed E-state index contributed by atoms with van der Waals surface area (Å²) in [4.78, 5) is 0. The predicted molar refractivity (Wildman–Crippen MR) is 130 cm³/mol. The topological polar surface area (TPSA) is 274 Å². The molecule has 17 heteroatoms. The normalized spacial score (nSPS) is 45.1. The van der Waals surface area contributed by atoms with E-state index in [0.717, 1.165) is 12.8 Å². The summed E-state index contributed by atoms with van der Waals surface area (Å²) in [6.07, 6.45) is -4.12. The molecule has 13 N–H and O–H groups in total. The summed E-state index contributed by atoms with van der Waals surface area (Å²) in [6.45, 7) is 2.16. The molecule has 0 amide bonds. The number of aliphatic hydroxyl groups excluding tert-OH is 2. The lowest BCUT2D eigenvalue weighted by molar-refractivity contribution is -0.306. The quantitative estimate of drug-likeness (QED) is 0.131. The highest BCUT2D eigenvalue weighted by molar-refractivity contribution is 7.79. The van der Waals surface area contributed by atoms with Gasteiger partial charge in [0.05, 0.1) is 24.8 Å². The smallest absolute Gasteiger partial charge is 0.388 e. The molecule has 0 unspecified atom stereocenters.